The van der Waals surface area contributed by atoms with Crippen LogP contribution in [0, 0.1) is 5.41 Å². The van der Waals surface area contributed by atoms with Crippen LogP contribution in [0.1, 0.15) is 53.4 Å². The first-order chi connectivity index (χ1) is 64.2. The van der Waals surface area contributed by atoms with Crippen LogP contribution in [-0.2, 0) is 91.1 Å². The first-order valence-corrected chi connectivity index (χ1v) is 45.6. The van der Waals surface area contributed by atoms with E-state index in [2.05, 4.69) is 31.9 Å². The van der Waals surface area contributed by atoms with Crippen molar-refractivity contribution in [3.63, 3.8) is 0 Å². The molecule has 0 aromatic carbocycles. The fraction of sp³-hybridized carbons (Fsp3) is 0.771. The van der Waals surface area contributed by atoms with Gasteiger partial charge in [-0.25, -0.2) is 0 Å². The van der Waals surface area contributed by atoms with Gasteiger partial charge in [-0.1, -0.05) is 0 Å². The highest BCUT2D eigenvalue weighted by atomic mass is 16.4. The van der Waals surface area contributed by atoms with Gasteiger partial charge >= 0.3 is 71.6 Å². The smallest absolute Gasteiger partial charge is 0.317 e. The minimum atomic E-state index is -1.51. The second-order valence-electron chi connectivity index (χ2n) is 34.8. The summed E-state index contributed by atoms with van der Waals surface area (Å²) in [5.74, 6) is -18.7. The van der Waals surface area contributed by atoms with E-state index < -0.39 is 266 Å². The number of Topliss-reactive ketones (excluding diaryl/α,β-unsaturated/α-hetero) is 2. The highest BCUT2D eigenvalue weighted by molar-refractivity contribution is 5.90. The van der Waals surface area contributed by atoms with Gasteiger partial charge < -0.3 is 93.2 Å². The van der Waals surface area contributed by atoms with E-state index in [4.69, 9.17) is 0 Å². The molecule has 0 aliphatic carbocycles. The van der Waals surface area contributed by atoms with Crippen LogP contribution >= 0.6 is 0 Å². The average molecular weight is 1950 g/mol. The molecule has 4 heterocycles. The molecule has 53 nitrogen and oxygen atoms in total. The van der Waals surface area contributed by atoms with Crippen LogP contribution in [0.25, 0.3) is 0 Å². The molecule has 4 aliphatic heterocycles. The Bertz CT molecular complexity index is 3500. The largest absolute Gasteiger partial charge is 0.480 e. The number of nitrogens with one attached hydrogen (secondary N) is 6. The Morgan fingerprint density at radius 1 is 0.228 bits per heavy atom. The molecule has 4 rings (SSSR count). The van der Waals surface area contributed by atoms with Crippen LogP contribution in [0.3, 0.4) is 0 Å². The van der Waals surface area contributed by atoms with Gasteiger partial charge in [0.05, 0.1) is 116 Å². The standard InChI is InChI=1S/C83H144N22O31/c1-60(102-35-27-94(49-72(118)119)19-11-90(45-68(110)111)12-20-95(28-36-102)50-73(120)121)65(107)5-6-66(108)88-58-83(57-84-9-10-85-80(134)61(2)103-37-29-96(51-74(122)123)21-13-91(46-69(112)113)14-22-97(30-38-103)52-75(124)125,8-7-64(106)43-86-81(135)62(3)104-39-31-98(53-76(126)127)23-15-92(47-70(114)115)16-24-99(32-40-104)54-77(128)129)59-89-67(109)44-87-82(136)63(4)105-41-33-100(55-78(130)131)25-17-93(48-71(116)117)18-26-101(34-42-105)56-79(132)133/h60-63,84H,5-59H2,1-4H3,(H,85,134)(H,86,135)(H,87,136)(H,88,108)(H,89,109)(H,110,111)(H,112,113)(H,114,115)(H,116,117)(H,118,119)(H,120,121)(H,122,123)(H,124,125)(H,126,127)(H,128,129)(H,130,131)(H,132,133). The molecule has 5 unspecified atom stereocenters. The lowest BCUT2D eigenvalue weighted by Crippen LogP contribution is -2.55. The molecule has 0 aromatic heterocycles. The molecule has 0 saturated carbocycles. The molecule has 772 valence electrons. The molecule has 0 aromatic rings. The van der Waals surface area contributed by atoms with E-state index in [0.29, 0.717) is 0 Å². The Kier molecular flexibility index (Phi) is 54.8. The Morgan fingerprint density at radius 2 is 0.434 bits per heavy atom. The summed E-state index contributed by atoms with van der Waals surface area (Å²) in [4.78, 5) is 271. The first-order valence-electron chi connectivity index (χ1n) is 45.6. The van der Waals surface area contributed by atoms with E-state index in [9.17, 15) is 152 Å². The van der Waals surface area contributed by atoms with Gasteiger partial charge in [0.25, 0.3) is 0 Å². The number of hydrogen-bond acceptors (Lipinski definition) is 36. The van der Waals surface area contributed by atoms with Crippen LogP contribution in [0.15, 0.2) is 0 Å². The van der Waals surface area contributed by atoms with Crippen LogP contribution < -0.4 is 31.9 Å². The molecule has 5 amide bonds. The zero-order valence-corrected chi connectivity index (χ0v) is 78.5. The first kappa shape index (κ1) is 118. The number of nitrogens with zero attached hydrogens (tertiary/aromatic N) is 16. The molecule has 18 N–H and O–H groups in total. The number of ketones is 2. The summed E-state index contributed by atoms with van der Waals surface area (Å²) in [6.45, 7) is 0.608. The summed E-state index contributed by atoms with van der Waals surface area (Å²) >= 11 is 0. The van der Waals surface area contributed by atoms with Crippen molar-refractivity contribution in [1.82, 2.24) is 110 Å². The third-order valence-electron chi connectivity index (χ3n) is 24.4. The van der Waals surface area contributed by atoms with Crippen molar-refractivity contribution < 1.29 is 152 Å². The zero-order valence-electron chi connectivity index (χ0n) is 78.5. The third-order valence-corrected chi connectivity index (χ3v) is 24.4. The lowest BCUT2D eigenvalue weighted by molar-refractivity contribution is -0.141. The summed E-state index contributed by atoms with van der Waals surface area (Å²) in [6, 6.07) is -4.06. The Hall–Kier alpha value is -10.3. The quantitative estimate of drug-likeness (QED) is 0.0252. The van der Waals surface area contributed by atoms with E-state index >= 15 is 0 Å². The maximum atomic E-state index is 14.6. The minimum absolute atomic E-state index is 0.0250. The number of rotatable bonds is 51. The van der Waals surface area contributed by atoms with Gasteiger partial charge in [0.1, 0.15) is 5.78 Å². The van der Waals surface area contributed by atoms with Crippen LogP contribution in [-0.4, -0.2) is 610 Å². The maximum absolute atomic E-state index is 14.6. The van der Waals surface area contributed by atoms with Gasteiger partial charge in [-0.15, -0.1) is 0 Å². The van der Waals surface area contributed by atoms with E-state index in [0.717, 1.165) is 0 Å². The monoisotopic (exact) mass is 1950 g/mol. The predicted octanol–water partition coefficient (Wildman–Crippen LogP) is -10.7. The highest BCUT2D eigenvalue weighted by Crippen LogP contribution is 2.24. The van der Waals surface area contributed by atoms with Crippen molar-refractivity contribution in [2.24, 2.45) is 5.41 Å². The molecule has 4 fully saturated rings. The molecule has 0 spiro atoms. The van der Waals surface area contributed by atoms with E-state index in [1.165, 1.54) is 13.8 Å². The van der Waals surface area contributed by atoms with Crippen molar-refractivity contribution in [2.45, 2.75) is 77.5 Å². The molecule has 136 heavy (non-hydrogen) atoms. The maximum Gasteiger partial charge on any atom is 0.317 e. The average Bonchev–Trinajstić information content (AvgIpc) is 1.04. The predicted molar refractivity (Wildman–Crippen MR) is 482 cm³/mol. The summed E-state index contributed by atoms with van der Waals surface area (Å²) in [6.07, 6.45) is -1.56. The van der Waals surface area contributed by atoms with Crippen molar-refractivity contribution in [1.29, 1.82) is 0 Å². The molecule has 4 aliphatic rings. The normalized spacial score (nSPS) is 19.8. The highest BCUT2D eigenvalue weighted by Gasteiger charge is 2.37. The van der Waals surface area contributed by atoms with Crippen molar-refractivity contribution in [2.75, 3.05) is 334 Å². The molecular formula is C83H144N22O31. The topological polar surface area (TPSA) is 691 Å². The second kappa shape index (κ2) is 63.2. The number of carbonyl (C=O) groups is 19. The van der Waals surface area contributed by atoms with Crippen LogP contribution in [0.2, 0.25) is 0 Å². The SMILES string of the molecule is CC(C(=O)CCC(=O)NCC(CCC(=O)CNC(=O)C(C)N1CCN(CC(=O)O)CCN(CC(=O)O)CCN(CC(=O)O)CC1)(CNCCNC(=O)C(C)N1CCN(CC(=O)O)CCN(CC(=O)O)CCN(CC(=O)O)CC1)CNC(=O)CNC(=O)C(C)N1CCN(CC(=O)O)CCN(CC(=O)O)CCN(CC(=O)O)CC1)N1CCN(CC(=O)O)CCN(CC(=O)O)CCN(CC(=O)O)CC1. The Balaban J connectivity index is 1.78. The van der Waals surface area contributed by atoms with Gasteiger partial charge in [-0.3, -0.25) is 169 Å². The zero-order chi connectivity index (χ0) is 101. The number of carboxylic acid groups (broad SMARTS) is 12. The van der Waals surface area contributed by atoms with Gasteiger partial charge in [-0.2, -0.15) is 0 Å². The lowest BCUT2D eigenvalue weighted by atomic mass is 9.81. The molecule has 4 saturated heterocycles. The molecule has 5 atom stereocenters. The van der Waals surface area contributed by atoms with Gasteiger partial charge in [0, 0.05) is 267 Å². The number of hydrogen-bond donors (Lipinski definition) is 18. The molecular weight excluding hydrogens is 1800 g/mol. The van der Waals surface area contributed by atoms with Crippen LogP contribution in [0.4, 0.5) is 0 Å². The van der Waals surface area contributed by atoms with Crippen molar-refractivity contribution in [3.8, 4) is 0 Å². The second-order valence-corrected chi connectivity index (χ2v) is 34.8. The van der Waals surface area contributed by atoms with Crippen molar-refractivity contribution in [3.05, 3.63) is 0 Å². The summed E-state index contributed by atoms with van der Waals surface area (Å²) in [7, 11) is 0. The number of amides is 5. The van der Waals surface area contributed by atoms with E-state index in [1.54, 1.807) is 92.2 Å². The minimum Gasteiger partial charge on any atom is -0.480 e. The Morgan fingerprint density at radius 3 is 0.669 bits per heavy atom. The number of carboxylic acids is 12. The summed E-state index contributed by atoms with van der Waals surface area (Å²) < 4.78 is 0. The number of carbonyl (C=O) groups excluding carboxylic acids is 7. The van der Waals surface area contributed by atoms with E-state index in [1.807, 2.05) is 0 Å². The third kappa shape index (κ3) is 50.6. The van der Waals surface area contributed by atoms with E-state index in [-0.39, 0.29) is 235 Å². The molecule has 53 heteroatoms. The summed E-state index contributed by atoms with van der Waals surface area (Å²) in [5, 5.41) is 135. The molecule has 0 radical (unpaired) electrons. The molecule has 0 bridgehead atoms. The van der Waals surface area contributed by atoms with Gasteiger partial charge in [-0.05, 0) is 34.1 Å². The summed E-state index contributed by atoms with van der Waals surface area (Å²) in [5.41, 5.74) is -1.51. The van der Waals surface area contributed by atoms with Gasteiger partial charge in [0.2, 0.25) is 29.5 Å². The van der Waals surface area contributed by atoms with Crippen LogP contribution in [0.5, 0.6) is 0 Å². The Labute approximate surface area is 789 Å². The van der Waals surface area contributed by atoms with Gasteiger partial charge in [0.15, 0.2) is 5.78 Å². The fourth-order valence-electron chi connectivity index (χ4n) is 16.2. The fourth-order valence-corrected chi connectivity index (χ4v) is 16.2. The number of aliphatic carboxylic acids is 12. The lowest BCUT2D eigenvalue weighted by Gasteiger charge is -2.36. The van der Waals surface area contributed by atoms with Crippen molar-refractivity contribution >= 4 is 113 Å².